The Morgan fingerprint density at radius 1 is 1.04 bits per heavy atom. The lowest BCUT2D eigenvalue weighted by Crippen LogP contribution is -2.15. The molecule has 0 aliphatic heterocycles. The van der Waals surface area contributed by atoms with Gasteiger partial charge >= 0.3 is 0 Å². The van der Waals surface area contributed by atoms with Gasteiger partial charge in [-0.05, 0) is 57.6 Å². The molecule has 2 aromatic rings. The number of aliphatic hydroxyl groups is 1. The van der Waals surface area contributed by atoms with E-state index >= 15 is 0 Å². The largest absolute Gasteiger partial charge is 0.386 e. The molecular weight excluding hydrogens is 284 g/mol. The minimum Gasteiger partial charge on any atom is -0.386 e. The second-order valence-corrected chi connectivity index (χ2v) is 7.01. The average molecular weight is 312 g/mol. The maximum atomic E-state index is 10.0. The van der Waals surface area contributed by atoms with E-state index in [0.717, 1.165) is 18.7 Å². The summed E-state index contributed by atoms with van der Waals surface area (Å²) >= 11 is 0. The Kier molecular flexibility index (Phi) is 5.45. The lowest BCUT2D eigenvalue weighted by molar-refractivity contribution is 0.0786. The zero-order chi connectivity index (χ0) is 17.0. The Bertz CT molecular complexity index is 640. The lowest BCUT2D eigenvalue weighted by Gasteiger charge is -2.19. The van der Waals surface area contributed by atoms with Crippen LogP contribution in [-0.4, -0.2) is 24.1 Å². The molecule has 124 valence electrons. The molecule has 0 spiro atoms. The van der Waals surface area contributed by atoms with Gasteiger partial charge in [0.05, 0.1) is 5.60 Å². The van der Waals surface area contributed by atoms with Crippen LogP contribution in [0.25, 0.3) is 0 Å². The van der Waals surface area contributed by atoms with Gasteiger partial charge in [0, 0.05) is 18.8 Å². The van der Waals surface area contributed by atoms with Crippen LogP contribution in [0.15, 0.2) is 42.5 Å². The SMILES string of the molecule is Cc1ccc(NCc2ccc(C(C)(C)O)cc2)c(CN(C)C)c1. The molecule has 2 rings (SSSR count). The Labute approximate surface area is 140 Å². The molecule has 3 heteroatoms. The van der Waals surface area contributed by atoms with Crippen molar-refractivity contribution in [3.63, 3.8) is 0 Å². The number of hydrogen-bond acceptors (Lipinski definition) is 3. The van der Waals surface area contributed by atoms with Gasteiger partial charge < -0.3 is 15.3 Å². The highest BCUT2D eigenvalue weighted by molar-refractivity contribution is 5.53. The summed E-state index contributed by atoms with van der Waals surface area (Å²) in [5.41, 5.74) is 5.11. The molecule has 0 aliphatic carbocycles. The van der Waals surface area contributed by atoms with E-state index in [0.29, 0.717) is 0 Å². The van der Waals surface area contributed by atoms with Crippen molar-refractivity contribution in [2.45, 2.75) is 39.5 Å². The Morgan fingerprint density at radius 2 is 1.70 bits per heavy atom. The molecule has 0 atom stereocenters. The van der Waals surface area contributed by atoms with Crippen LogP contribution < -0.4 is 5.32 Å². The third-order valence-corrected chi connectivity index (χ3v) is 3.89. The van der Waals surface area contributed by atoms with Crippen LogP contribution in [0.3, 0.4) is 0 Å². The summed E-state index contributed by atoms with van der Waals surface area (Å²) in [6.45, 7) is 7.43. The Hall–Kier alpha value is -1.84. The summed E-state index contributed by atoms with van der Waals surface area (Å²) in [5.74, 6) is 0. The smallest absolute Gasteiger partial charge is 0.0840 e. The normalized spacial score (nSPS) is 11.8. The monoisotopic (exact) mass is 312 g/mol. The molecule has 0 saturated carbocycles. The molecule has 0 aliphatic rings. The summed E-state index contributed by atoms with van der Waals surface area (Å²) < 4.78 is 0. The summed E-state index contributed by atoms with van der Waals surface area (Å²) in [4.78, 5) is 2.18. The third kappa shape index (κ3) is 5.08. The predicted molar refractivity (Wildman–Crippen MR) is 97.6 cm³/mol. The average Bonchev–Trinajstić information content (AvgIpc) is 2.45. The van der Waals surface area contributed by atoms with Crippen LogP contribution in [0.4, 0.5) is 5.69 Å². The predicted octanol–water partition coefficient (Wildman–Crippen LogP) is 3.90. The highest BCUT2D eigenvalue weighted by Gasteiger charge is 2.15. The third-order valence-electron chi connectivity index (χ3n) is 3.89. The number of rotatable bonds is 6. The second kappa shape index (κ2) is 7.16. The van der Waals surface area contributed by atoms with Crippen molar-refractivity contribution >= 4 is 5.69 Å². The summed E-state index contributed by atoms with van der Waals surface area (Å²) in [7, 11) is 4.17. The fraction of sp³-hybridized carbons (Fsp3) is 0.400. The van der Waals surface area contributed by atoms with Gasteiger partial charge in [0.25, 0.3) is 0 Å². The highest BCUT2D eigenvalue weighted by Crippen LogP contribution is 2.22. The fourth-order valence-electron chi connectivity index (χ4n) is 2.59. The molecule has 0 bridgehead atoms. The van der Waals surface area contributed by atoms with Crippen molar-refractivity contribution in [3.8, 4) is 0 Å². The van der Waals surface area contributed by atoms with Crippen LogP contribution in [0.2, 0.25) is 0 Å². The maximum Gasteiger partial charge on any atom is 0.0840 e. The molecule has 0 radical (unpaired) electrons. The number of nitrogens with zero attached hydrogens (tertiary/aromatic N) is 1. The minimum atomic E-state index is -0.790. The Balaban J connectivity index is 2.09. The van der Waals surface area contributed by atoms with E-state index in [1.165, 1.54) is 22.4 Å². The minimum absolute atomic E-state index is 0.773. The van der Waals surface area contributed by atoms with E-state index in [4.69, 9.17) is 0 Å². The van der Waals surface area contributed by atoms with E-state index in [9.17, 15) is 5.11 Å². The molecule has 3 nitrogen and oxygen atoms in total. The molecule has 0 aromatic heterocycles. The van der Waals surface area contributed by atoms with Crippen LogP contribution in [0, 0.1) is 6.92 Å². The van der Waals surface area contributed by atoms with Crippen molar-refractivity contribution in [2.75, 3.05) is 19.4 Å². The quantitative estimate of drug-likeness (QED) is 0.849. The van der Waals surface area contributed by atoms with Gasteiger partial charge in [-0.1, -0.05) is 42.0 Å². The fourth-order valence-corrected chi connectivity index (χ4v) is 2.59. The zero-order valence-corrected chi connectivity index (χ0v) is 14.9. The van der Waals surface area contributed by atoms with E-state index in [-0.39, 0.29) is 0 Å². The highest BCUT2D eigenvalue weighted by atomic mass is 16.3. The van der Waals surface area contributed by atoms with Gasteiger partial charge in [0.2, 0.25) is 0 Å². The Morgan fingerprint density at radius 3 is 2.26 bits per heavy atom. The molecule has 0 fully saturated rings. The van der Waals surface area contributed by atoms with Gasteiger partial charge in [-0.3, -0.25) is 0 Å². The van der Waals surface area contributed by atoms with Crippen molar-refractivity contribution in [1.82, 2.24) is 4.90 Å². The van der Waals surface area contributed by atoms with Crippen LogP contribution >= 0.6 is 0 Å². The zero-order valence-electron chi connectivity index (χ0n) is 14.9. The number of aryl methyl sites for hydroxylation is 1. The molecule has 23 heavy (non-hydrogen) atoms. The van der Waals surface area contributed by atoms with Crippen molar-refractivity contribution in [1.29, 1.82) is 0 Å². The van der Waals surface area contributed by atoms with Gasteiger partial charge in [0.1, 0.15) is 0 Å². The van der Waals surface area contributed by atoms with E-state index in [1.54, 1.807) is 13.8 Å². The first kappa shape index (κ1) is 17.5. The van der Waals surface area contributed by atoms with Gasteiger partial charge in [0.15, 0.2) is 0 Å². The maximum absolute atomic E-state index is 10.0. The van der Waals surface area contributed by atoms with Gasteiger partial charge in [-0.25, -0.2) is 0 Å². The summed E-state index contributed by atoms with van der Waals surface area (Å²) in [6.07, 6.45) is 0. The van der Waals surface area contributed by atoms with Crippen LogP contribution in [-0.2, 0) is 18.7 Å². The number of nitrogens with one attached hydrogen (secondary N) is 1. The molecule has 0 saturated heterocycles. The number of anilines is 1. The molecule has 0 amide bonds. The van der Waals surface area contributed by atoms with Gasteiger partial charge in [-0.15, -0.1) is 0 Å². The number of benzene rings is 2. The molecule has 2 aromatic carbocycles. The van der Waals surface area contributed by atoms with E-state index in [2.05, 4.69) is 61.6 Å². The molecule has 0 unspecified atom stereocenters. The van der Waals surface area contributed by atoms with Crippen molar-refractivity contribution in [2.24, 2.45) is 0 Å². The second-order valence-electron chi connectivity index (χ2n) is 7.01. The summed E-state index contributed by atoms with van der Waals surface area (Å²) in [5, 5.41) is 13.5. The first-order valence-corrected chi connectivity index (χ1v) is 8.05. The summed E-state index contributed by atoms with van der Waals surface area (Å²) in [6, 6.07) is 14.7. The molecular formula is C20H28N2O. The first-order chi connectivity index (χ1) is 10.8. The van der Waals surface area contributed by atoms with E-state index < -0.39 is 5.60 Å². The van der Waals surface area contributed by atoms with Crippen LogP contribution in [0.1, 0.15) is 36.1 Å². The van der Waals surface area contributed by atoms with Gasteiger partial charge in [-0.2, -0.15) is 0 Å². The van der Waals surface area contributed by atoms with Crippen molar-refractivity contribution < 1.29 is 5.11 Å². The first-order valence-electron chi connectivity index (χ1n) is 8.05. The lowest BCUT2D eigenvalue weighted by atomic mass is 9.97. The van der Waals surface area contributed by atoms with E-state index in [1.807, 2.05) is 12.1 Å². The topological polar surface area (TPSA) is 35.5 Å². The standard InChI is InChI=1S/C20H28N2O/c1-15-6-11-19(17(12-15)14-22(4)5)21-13-16-7-9-18(10-8-16)20(2,3)23/h6-12,21,23H,13-14H2,1-5H3. The molecule has 2 N–H and O–H groups in total. The van der Waals surface area contributed by atoms with Crippen LogP contribution in [0.5, 0.6) is 0 Å². The number of hydrogen-bond donors (Lipinski definition) is 2. The molecule has 0 heterocycles. The van der Waals surface area contributed by atoms with Crippen molar-refractivity contribution in [3.05, 3.63) is 64.7 Å².